The topological polar surface area (TPSA) is 29.1 Å². The second kappa shape index (κ2) is 3.83. The van der Waals surface area contributed by atoms with E-state index >= 15 is 0 Å². The van der Waals surface area contributed by atoms with E-state index in [1.54, 1.807) is 12.1 Å². The zero-order chi connectivity index (χ0) is 11.9. The Morgan fingerprint density at radius 1 is 1.18 bits per heavy atom. The predicted octanol–water partition coefficient (Wildman–Crippen LogP) is 2.81. The number of carbonyl (C=O) groups is 1. The maximum atomic E-state index is 13.8. The SMILES string of the molecule is O=C1NC2(CCCCC2)Cc2c(F)cccc21. The van der Waals surface area contributed by atoms with Gasteiger partial charge in [-0.3, -0.25) is 4.79 Å². The number of amides is 1. The van der Waals surface area contributed by atoms with Crippen molar-refractivity contribution in [1.29, 1.82) is 0 Å². The van der Waals surface area contributed by atoms with Gasteiger partial charge in [0.15, 0.2) is 0 Å². The third-order valence-corrected chi connectivity index (χ3v) is 4.07. The zero-order valence-electron chi connectivity index (χ0n) is 9.76. The highest BCUT2D eigenvalue weighted by Gasteiger charge is 2.39. The molecule has 1 N–H and O–H groups in total. The fraction of sp³-hybridized carbons (Fsp3) is 0.500. The Hall–Kier alpha value is -1.38. The first kappa shape index (κ1) is 10.8. The van der Waals surface area contributed by atoms with E-state index < -0.39 is 0 Å². The summed E-state index contributed by atoms with van der Waals surface area (Å²) in [6, 6.07) is 4.77. The molecule has 1 fully saturated rings. The molecule has 3 heteroatoms. The fourth-order valence-electron chi connectivity index (χ4n) is 3.17. The van der Waals surface area contributed by atoms with Gasteiger partial charge >= 0.3 is 0 Å². The Morgan fingerprint density at radius 2 is 1.94 bits per heavy atom. The van der Waals surface area contributed by atoms with Crippen molar-refractivity contribution < 1.29 is 9.18 Å². The highest BCUT2D eigenvalue weighted by atomic mass is 19.1. The van der Waals surface area contributed by atoms with Gasteiger partial charge in [0.1, 0.15) is 5.82 Å². The van der Waals surface area contributed by atoms with Crippen molar-refractivity contribution in [3.63, 3.8) is 0 Å². The Labute approximate surface area is 100 Å². The molecule has 0 radical (unpaired) electrons. The summed E-state index contributed by atoms with van der Waals surface area (Å²) in [5.74, 6) is -0.338. The van der Waals surface area contributed by atoms with E-state index in [4.69, 9.17) is 0 Å². The normalized spacial score (nSPS) is 22.1. The average molecular weight is 233 g/mol. The lowest BCUT2D eigenvalue weighted by Gasteiger charge is -2.41. The number of fused-ring (bicyclic) bond motifs is 1. The zero-order valence-corrected chi connectivity index (χ0v) is 9.76. The van der Waals surface area contributed by atoms with Crippen LogP contribution in [0.25, 0.3) is 0 Å². The molecular formula is C14H16FNO. The lowest BCUT2D eigenvalue weighted by atomic mass is 9.74. The van der Waals surface area contributed by atoms with E-state index in [1.165, 1.54) is 12.5 Å². The fourth-order valence-corrected chi connectivity index (χ4v) is 3.17. The lowest BCUT2D eigenvalue weighted by molar-refractivity contribution is 0.0841. The number of nitrogens with one attached hydrogen (secondary N) is 1. The molecule has 1 aliphatic heterocycles. The van der Waals surface area contributed by atoms with Crippen LogP contribution in [0.5, 0.6) is 0 Å². The summed E-state index contributed by atoms with van der Waals surface area (Å²) in [5.41, 5.74) is 0.948. The second-order valence-corrected chi connectivity index (χ2v) is 5.24. The number of benzene rings is 1. The number of halogens is 1. The van der Waals surface area contributed by atoms with Crippen LogP contribution in [-0.2, 0) is 6.42 Å². The molecule has 2 aliphatic rings. The number of hydrogen-bond donors (Lipinski definition) is 1. The van der Waals surface area contributed by atoms with E-state index in [-0.39, 0.29) is 17.3 Å². The first-order valence-electron chi connectivity index (χ1n) is 6.30. The molecule has 2 nitrogen and oxygen atoms in total. The summed E-state index contributed by atoms with van der Waals surface area (Å²) < 4.78 is 13.8. The van der Waals surface area contributed by atoms with Crippen LogP contribution in [0, 0.1) is 5.82 Å². The maximum absolute atomic E-state index is 13.8. The summed E-state index contributed by atoms with van der Waals surface area (Å²) >= 11 is 0. The van der Waals surface area contributed by atoms with Crippen molar-refractivity contribution in [3.8, 4) is 0 Å². The minimum absolute atomic E-state index is 0.104. The van der Waals surface area contributed by atoms with Crippen molar-refractivity contribution in [1.82, 2.24) is 5.32 Å². The summed E-state index contributed by atoms with van der Waals surface area (Å²) in [6.07, 6.45) is 6.09. The molecule has 0 bridgehead atoms. The van der Waals surface area contributed by atoms with Gasteiger partial charge in [-0.1, -0.05) is 25.3 Å². The number of hydrogen-bond acceptors (Lipinski definition) is 1. The van der Waals surface area contributed by atoms with Crippen LogP contribution in [0.15, 0.2) is 18.2 Å². The van der Waals surface area contributed by atoms with Crippen LogP contribution in [0.1, 0.15) is 48.0 Å². The average Bonchev–Trinajstić information content (AvgIpc) is 2.32. The molecule has 1 aromatic carbocycles. The standard InChI is InChI=1S/C14H16FNO/c15-12-6-4-5-10-11(12)9-14(16-13(10)17)7-2-1-3-8-14/h4-6H,1-3,7-9H2,(H,16,17). The van der Waals surface area contributed by atoms with Gasteiger partial charge in [-0.05, 0) is 31.4 Å². The Morgan fingerprint density at radius 3 is 2.71 bits per heavy atom. The van der Waals surface area contributed by atoms with E-state index in [0.29, 0.717) is 17.5 Å². The highest BCUT2D eigenvalue weighted by molar-refractivity contribution is 5.97. The third kappa shape index (κ3) is 1.74. The minimum atomic E-state index is -0.234. The van der Waals surface area contributed by atoms with Gasteiger partial charge in [0, 0.05) is 16.7 Å². The van der Waals surface area contributed by atoms with Crippen molar-refractivity contribution in [2.45, 2.75) is 44.1 Å². The van der Waals surface area contributed by atoms with Gasteiger partial charge in [-0.25, -0.2) is 4.39 Å². The quantitative estimate of drug-likeness (QED) is 0.733. The van der Waals surface area contributed by atoms with E-state index in [0.717, 1.165) is 25.7 Å². The molecule has 0 unspecified atom stereocenters. The van der Waals surface area contributed by atoms with Crippen LogP contribution in [0.2, 0.25) is 0 Å². The van der Waals surface area contributed by atoms with E-state index in [2.05, 4.69) is 5.32 Å². The second-order valence-electron chi connectivity index (χ2n) is 5.24. The van der Waals surface area contributed by atoms with Gasteiger partial charge in [-0.15, -0.1) is 0 Å². The van der Waals surface area contributed by atoms with Gasteiger partial charge in [0.25, 0.3) is 5.91 Å². The molecule has 1 aliphatic carbocycles. The van der Waals surface area contributed by atoms with Crippen LogP contribution in [0.4, 0.5) is 4.39 Å². The molecule has 1 aromatic rings. The Bertz CT molecular complexity index is 463. The summed E-state index contributed by atoms with van der Waals surface area (Å²) in [6.45, 7) is 0. The Kier molecular flexibility index (Phi) is 2.42. The molecular weight excluding hydrogens is 217 g/mol. The molecule has 0 aromatic heterocycles. The molecule has 17 heavy (non-hydrogen) atoms. The van der Waals surface area contributed by atoms with Gasteiger partial charge in [0.2, 0.25) is 0 Å². The summed E-state index contributed by atoms with van der Waals surface area (Å²) in [7, 11) is 0. The van der Waals surface area contributed by atoms with Crippen molar-refractivity contribution in [2.75, 3.05) is 0 Å². The summed E-state index contributed by atoms with van der Waals surface area (Å²) in [5, 5.41) is 3.11. The summed E-state index contributed by atoms with van der Waals surface area (Å²) in [4.78, 5) is 12.0. The molecule has 90 valence electrons. The van der Waals surface area contributed by atoms with Crippen molar-refractivity contribution in [2.24, 2.45) is 0 Å². The molecule has 3 rings (SSSR count). The molecule has 1 amide bonds. The lowest BCUT2D eigenvalue weighted by Crippen LogP contribution is -2.54. The predicted molar refractivity (Wildman–Crippen MR) is 63.4 cm³/mol. The van der Waals surface area contributed by atoms with Crippen LogP contribution in [-0.4, -0.2) is 11.4 Å². The van der Waals surface area contributed by atoms with Crippen LogP contribution in [0.3, 0.4) is 0 Å². The highest BCUT2D eigenvalue weighted by Crippen LogP contribution is 2.35. The van der Waals surface area contributed by atoms with Crippen molar-refractivity contribution in [3.05, 3.63) is 35.1 Å². The number of carbonyl (C=O) groups excluding carboxylic acids is 1. The molecule has 0 saturated heterocycles. The van der Waals surface area contributed by atoms with E-state index in [1.807, 2.05) is 0 Å². The number of rotatable bonds is 0. The molecule has 1 saturated carbocycles. The van der Waals surface area contributed by atoms with E-state index in [9.17, 15) is 9.18 Å². The first-order valence-corrected chi connectivity index (χ1v) is 6.30. The third-order valence-electron chi connectivity index (χ3n) is 4.07. The smallest absolute Gasteiger partial charge is 0.252 e. The first-order chi connectivity index (χ1) is 8.20. The Balaban J connectivity index is 2.02. The maximum Gasteiger partial charge on any atom is 0.252 e. The largest absolute Gasteiger partial charge is 0.346 e. The molecule has 0 atom stereocenters. The van der Waals surface area contributed by atoms with Gasteiger partial charge in [-0.2, -0.15) is 0 Å². The van der Waals surface area contributed by atoms with Gasteiger partial charge < -0.3 is 5.32 Å². The van der Waals surface area contributed by atoms with Crippen LogP contribution >= 0.6 is 0 Å². The monoisotopic (exact) mass is 233 g/mol. The minimum Gasteiger partial charge on any atom is -0.346 e. The molecule has 1 heterocycles. The van der Waals surface area contributed by atoms with Gasteiger partial charge in [0.05, 0.1) is 0 Å². The molecule has 1 spiro atoms. The van der Waals surface area contributed by atoms with Crippen molar-refractivity contribution >= 4 is 5.91 Å². The van der Waals surface area contributed by atoms with Crippen LogP contribution < -0.4 is 5.32 Å².